The summed E-state index contributed by atoms with van der Waals surface area (Å²) in [5, 5.41) is 0. The molecule has 0 atom stereocenters. The van der Waals surface area contributed by atoms with Gasteiger partial charge in [-0.2, -0.15) is 0 Å². The van der Waals surface area contributed by atoms with E-state index in [1.807, 2.05) is 96.4 Å². The largest absolute Gasteiger partial charge is 0.465 e. The minimum atomic E-state index is -0.588. The van der Waals surface area contributed by atoms with E-state index in [4.69, 9.17) is 9.47 Å². The fourth-order valence-electron chi connectivity index (χ4n) is 4.05. The Labute approximate surface area is 193 Å². The number of esters is 2. The minimum absolute atomic E-state index is 0.196. The molecule has 3 aromatic carbocycles. The molecule has 5 heteroatoms. The minimum Gasteiger partial charge on any atom is -0.465 e. The van der Waals surface area contributed by atoms with Crippen molar-refractivity contribution in [2.45, 2.75) is 13.5 Å². The zero-order valence-electron chi connectivity index (χ0n) is 18.9. The molecule has 33 heavy (non-hydrogen) atoms. The van der Waals surface area contributed by atoms with Crippen molar-refractivity contribution in [1.29, 1.82) is 0 Å². The van der Waals surface area contributed by atoms with Crippen molar-refractivity contribution < 1.29 is 19.1 Å². The number of aryl methyl sites for hydroxylation is 1. The van der Waals surface area contributed by atoms with Crippen molar-refractivity contribution in [3.63, 3.8) is 0 Å². The standard InChI is InChI=1S/C28H25NO4/c1-19-14-16-22(17-15-19)26-24(28(31)33-3)23(27(30)32-2)25(21-12-8-5-9-13-21)29(26)18-20-10-6-4-7-11-20/h4-17H,18H2,1-3H3. The topological polar surface area (TPSA) is 57.5 Å². The average molecular weight is 440 g/mol. The van der Waals surface area contributed by atoms with Gasteiger partial charge >= 0.3 is 11.9 Å². The van der Waals surface area contributed by atoms with Gasteiger partial charge in [-0.1, -0.05) is 90.5 Å². The second kappa shape index (κ2) is 9.57. The third-order valence-corrected chi connectivity index (χ3v) is 5.60. The normalized spacial score (nSPS) is 10.6. The second-order valence-corrected chi connectivity index (χ2v) is 7.73. The van der Waals surface area contributed by atoms with Crippen LogP contribution in [0.25, 0.3) is 22.5 Å². The lowest BCUT2D eigenvalue weighted by molar-refractivity contribution is 0.0558. The Bertz CT molecular complexity index is 1270. The first-order valence-electron chi connectivity index (χ1n) is 10.6. The molecule has 4 aromatic rings. The van der Waals surface area contributed by atoms with Gasteiger partial charge in [0.25, 0.3) is 0 Å². The molecule has 0 bridgehead atoms. The van der Waals surface area contributed by atoms with E-state index in [-0.39, 0.29) is 11.1 Å². The van der Waals surface area contributed by atoms with Crippen LogP contribution in [0, 0.1) is 6.92 Å². The van der Waals surface area contributed by atoms with Crippen molar-refractivity contribution in [1.82, 2.24) is 4.57 Å². The number of benzene rings is 3. The van der Waals surface area contributed by atoms with Crippen molar-refractivity contribution in [2.75, 3.05) is 14.2 Å². The molecule has 0 fully saturated rings. The van der Waals surface area contributed by atoms with Gasteiger partial charge < -0.3 is 14.0 Å². The molecule has 0 unspecified atom stereocenters. The van der Waals surface area contributed by atoms with Gasteiger partial charge in [-0.15, -0.1) is 0 Å². The highest BCUT2D eigenvalue weighted by atomic mass is 16.5. The molecule has 4 rings (SSSR count). The molecular weight excluding hydrogens is 414 g/mol. The molecule has 0 amide bonds. The van der Waals surface area contributed by atoms with Crippen LogP contribution in [0.3, 0.4) is 0 Å². The number of aromatic nitrogens is 1. The Balaban J connectivity index is 2.14. The molecule has 1 aromatic heterocycles. The van der Waals surface area contributed by atoms with Gasteiger partial charge in [-0.3, -0.25) is 0 Å². The Morgan fingerprint density at radius 3 is 1.61 bits per heavy atom. The van der Waals surface area contributed by atoms with Crippen LogP contribution in [0.4, 0.5) is 0 Å². The Morgan fingerprint density at radius 1 is 0.667 bits per heavy atom. The van der Waals surface area contributed by atoms with E-state index in [1.165, 1.54) is 14.2 Å². The zero-order chi connectivity index (χ0) is 23.4. The molecule has 0 aliphatic heterocycles. The highest BCUT2D eigenvalue weighted by molar-refractivity contribution is 6.12. The summed E-state index contributed by atoms with van der Waals surface area (Å²) in [6.07, 6.45) is 0. The number of hydrogen-bond donors (Lipinski definition) is 0. The predicted molar refractivity (Wildman–Crippen MR) is 128 cm³/mol. The lowest BCUT2D eigenvalue weighted by atomic mass is 10.0. The smallest absolute Gasteiger partial charge is 0.340 e. The van der Waals surface area contributed by atoms with E-state index in [9.17, 15) is 9.59 Å². The summed E-state index contributed by atoms with van der Waals surface area (Å²) in [7, 11) is 2.64. The van der Waals surface area contributed by atoms with Crippen molar-refractivity contribution in [3.05, 3.63) is 107 Å². The van der Waals surface area contributed by atoms with E-state index in [0.717, 1.165) is 22.3 Å². The molecule has 0 saturated heterocycles. The molecule has 1 heterocycles. The number of methoxy groups -OCH3 is 2. The zero-order valence-corrected chi connectivity index (χ0v) is 18.9. The quantitative estimate of drug-likeness (QED) is 0.359. The molecule has 0 N–H and O–H groups in total. The summed E-state index contributed by atoms with van der Waals surface area (Å²) in [4.78, 5) is 26.2. The van der Waals surface area contributed by atoms with Crippen LogP contribution in [-0.2, 0) is 16.0 Å². The van der Waals surface area contributed by atoms with Gasteiger partial charge in [0.15, 0.2) is 0 Å². The fourth-order valence-corrected chi connectivity index (χ4v) is 4.05. The summed E-state index contributed by atoms with van der Waals surface area (Å²) in [6, 6.07) is 27.4. The fraction of sp³-hybridized carbons (Fsp3) is 0.143. The number of hydrogen-bond acceptors (Lipinski definition) is 4. The summed E-state index contributed by atoms with van der Waals surface area (Å²) in [5.41, 5.74) is 5.36. The monoisotopic (exact) mass is 439 g/mol. The maximum absolute atomic E-state index is 13.1. The molecule has 0 aliphatic carbocycles. The molecule has 0 saturated carbocycles. The molecule has 0 aliphatic rings. The number of ether oxygens (including phenoxy) is 2. The van der Waals surface area contributed by atoms with Gasteiger partial charge in [0, 0.05) is 6.54 Å². The lowest BCUT2D eigenvalue weighted by Crippen LogP contribution is -2.11. The van der Waals surface area contributed by atoms with Crippen LogP contribution in [0.5, 0.6) is 0 Å². The van der Waals surface area contributed by atoms with Crippen LogP contribution < -0.4 is 0 Å². The molecule has 166 valence electrons. The maximum Gasteiger partial charge on any atom is 0.340 e. The summed E-state index contributed by atoms with van der Waals surface area (Å²) >= 11 is 0. The number of carbonyl (C=O) groups is 2. The first-order valence-corrected chi connectivity index (χ1v) is 10.6. The lowest BCUT2D eigenvalue weighted by Gasteiger charge is -2.15. The molecule has 0 spiro atoms. The van der Waals surface area contributed by atoms with Crippen molar-refractivity contribution in [2.24, 2.45) is 0 Å². The SMILES string of the molecule is COC(=O)c1c(C(=O)OC)c(-c2ccc(C)cc2)n(Cc2ccccc2)c1-c1ccccc1. The van der Waals surface area contributed by atoms with Crippen LogP contribution in [0.2, 0.25) is 0 Å². The average Bonchev–Trinajstić information content (AvgIpc) is 3.19. The Morgan fingerprint density at radius 2 is 1.12 bits per heavy atom. The molecule has 5 nitrogen and oxygen atoms in total. The third-order valence-electron chi connectivity index (χ3n) is 5.60. The highest BCUT2D eigenvalue weighted by Crippen LogP contribution is 2.39. The van der Waals surface area contributed by atoms with Crippen LogP contribution in [-0.4, -0.2) is 30.7 Å². The third kappa shape index (κ3) is 4.30. The van der Waals surface area contributed by atoms with Crippen molar-refractivity contribution in [3.8, 4) is 22.5 Å². The Kier molecular flexibility index (Phi) is 6.41. The predicted octanol–water partition coefficient (Wildman–Crippen LogP) is 5.75. The second-order valence-electron chi connectivity index (χ2n) is 7.73. The molecular formula is C28H25NO4. The first kappa shape index (κ1) is 22.1. The van der Waals surface area contributed by atoms with Gasteiger partial charge in [0.2, 0.25) is 0 Å². The van der Waals surface area contributed by atoms with E-state index < -0.39 is 11.9 Å². The van der Waals surface area contributed by atoms with E-state index in [1.54, 1.807) is 0 Å². The summed E-state index contributed by atoms with van der Waals surface area (Å²) in [5.74, 6) is -1.18. The summed E-state index contributed by atoms with van der Waals surface area (Å²) in [6.45, 7) is 2.46. The van der Waals surface area contributed by atoms with Gasteiger partial charge in [0.05, 0.1) is 25.6 Å². The number of rotatable bonds is 6. The Hall–Kier alpha value is -4.12. The van der Waals surface area contributed by atoms with Crippen LogP contribution in [0.15, 0.2) is 84.9 Å². The van der Waals surface area contributed by atoms with E-state index in [2.05, 4.69) is 0 Å². The van der Waals surface area contributed by atoms with Gasteiger partial charge in [0.1, 0.15) is 11.1 Å². The van der Waals surface area contributed by atoms with Gasteiger partial charge in [-0.05, 0) is 23.6 Å². The molecule has 0 radical (unpaired) electrons. The van der Waals surface area contributed by atoms with Crippen LogP contribution in [0.1, 0.15) is 31.8 Å². The first-order chi connectivity index (χ1) is 16.0. The van der Waals surface area contributed by atoms with Gasteiger partial charge in [-0.25, -0.2) is 9.59 Å². The van der Waals surface area contributed by atoms with Crippen LogP contribution >= 0.6 is 0 Å². The highest BCUT2D eigenvalue weighted by Gasteiger charge is 2.33. The van der Waals surface area contributed by atoms with E-state index in [0.29, 0.717) is 17.9 Å². The summed E-state index contributed by atoms with van der Waals surface area (Å²) < 4.78 is 12.3. The van der Waals surface area contributed by atoms with E-state index >= 15 is 0 Å². The maximum atomic E-state index is 13.1. The van der Waals surface area contributed by atoms with Crippen molar-refractivity contribution >= 4 is 11.9 Å². The number of carbonyl (C=O) groups excluding carboxylic acids is 2. The number of nitrogens with zero attached hydrogens (tertiary/aromatic N) is 1.